The minimum Gasteiger partial charge on any atom is -0.507 e. The standard InChI is InChI=1S/C36H40O8/c1-18(2)28-30(39)26(20(4)37)32(41)36(43)33(42)29-31(40)27-23(16-34(29,5)17-35(28,36)6)22(13-14-24(27)38)10-8-9-21-12-11-19(3)25(15-21)44-7/h8,10-15,18,26,28-29,38,43H,9,16-17H2,1-7H3/b10-8-/t26?,28?,29?,34-,35-,36+/m1/s1. The van der Waals surface area contributed by atoms with Crippen LogP contribution in [-0.2, 0) is 32.0 Å². The molecule has 8 nitrogen and oxygen atoms in total. The highest BCUT2D eigenvalue weighted by molar-refractivity contribution is 6.32. The van der Waals surface area contributed by atoms with Crippen molar-refractivity contribution in [2.24, 2.45) is 34.5 Å². The quantitative estimate of drug-likeness (QED) is 0.457. The summed E-state index contributed by atoms with van der Waals surface area (Å²) in [5.74, 6) is -8.19. The van der Waals surface area contributed by atoms with Crippen molar-refractivity contribution in [1.29, 1.82) is 0 Å². The van der Waals surface area contributed by atoms with E-state index in [4.69, 9.17) is 4.74 Å². The number of hydrogen-bond donors (Lipinski definition) is 2. The second kappa shape index (κ2) is 10.6. The zero-order valence-corrected chi connectivity index (χ0v) is 26.3. The van der Waals surface area contributed by atoms with Crippen molar-refractivity contribution in [3.63, 3.8) is 0 Å². The summed E-state index contributed by atoms with van der Waals surface area (Å²) in [6.45, 7) is 9.96. The molecule has 44 heavy (non-hydrogen) atoms. The Morgan fingerprint density at radius 3 is 2.39 bits per heavy atom. The molecular formula is C36H40O8. The van der Waals surface area contributed by atoms with Gasteiger partial charge in [-0.3, -0.25) is 24.0 Å². The number of benzene rings is 2. The average molecular weight is 601 g/mol. The summed E-state index contributed by atoms with van der Waals surface area (Å²) in [7, 11) is 1.62. The summed E-state index contributed by atoms with van der Waals surface area (Å²) >= 11 is 0. The zero-order valence-electron chi connectivity index (χ0n) is 26.3. The SMILES string of the molecule is COc1cc(C/C=C\c2ccc(O)c3c2C[C@]2(C)C[C@]4(C)C(C(C)C)C(=O)C(C(C)=O)C(=O)[C@]4(O)C(=O)C2C3=O)ccc1C. The first-order valence-corrected chi connectivity index (χ1v) is 15.1. The van der Waals surface area contributed by atoms with E-state index in [9.17, 15) is 34.2 Å². The summed E-state index contributed by atoms with van der Waals surface area (Å²) in [5.41, 5.74) is -1.99. The van der Waals surface area contributed by atoms with Crippen LogP contribution in [0.1, 0.15) is 73.7 Å². The minimum atomic E-state index is -2.70. The second-order valence-corrected chi connectivity index (χ2v) is 13.8. The summed E-state index contributed by atoms with van der Waals surface area (Å²) in [4.78, 5) is 68.5. The maximum Gasteiger partial charge on any atom is 0.190 e. The maximum absolute atomic E-state index is 14.4. The number of ketones is 5. The highest BCUT2D eigenvalue weighted by Gasteiger charge is 2.76. The lowest BCUT2D eigenvalue weighted by Gasteiger charge is -2.61. The number of aromatic hydroxyl groups is 1. The number of fused-ring (bicyclic) bond motifs is 3. The van der Waals surface area contributed by atoms with Crippen molar-refractivity contribution < 1.29 is 38.9 Å². The molecule has 2 fully saturated rings. The average Bonchev–Trinajstić information content (AvgIpc) is 2.92. The summed E-state index contributed by atoms with van der Waals surface area (Å²) in [6, 6.07) is 9.09. The molecule has 0 aliphatic heterocycles. The lowest BCUT2D eigenvalue weighted by Crippen LogP contribution is -2.76. The maximum atomic E-state index is 14.4. The first kappa shape index (κ1) is 31.5. The van der Waals surface area contributed by atoms with Crippen LogP contribution in [0.5, 0.6) is 11.5 Å². The van der Waals surface area contributed by atoms with E-state index < -0.39 is 69.0 Å². The number of ether oxygens (including phenoxy) is 1. The molecule has 2 aromatic carbocycles. The molecule has 6 atom stereocenters. The van der Waals surface area contributed by atoms with Crippen molar-refractivity contribution in [2.75, 3.05) is 7.11 Å². The van der Waals surface area contributed by atoms with Gasteiger partial charge in [0.05, 0.1) is 18.6 Å². The highest BCUT2D eigenvalue weighted by atomic mass is 16.5. The Morgan fingerprint density at radius 1 is 1.09 bits per heavy atom. The van der Waals surface area contributed by atoms with E-state index in [0.29, 0.717) is 17.5 Å². The minimum absolute atomic E-state index is 0.00459. The lowest BCUT2D eigenvalue weighted by atomic mass is 9.40. The predicted molar refractivity (Wildman–Crippen MR) is 163 cm³/mol. The number of Topliss-reactive ketones (excluding diaryl/α,β-unsaturated/α-hetero) is 5. The number of carbonyl (C=O) groups excluding carboxylic acids is 5. The van der Waals surface area contributed by atoms with Gasteiger partial charge in [-0.1, -0.05) is 58.0 Å². The van der Waals surface area contributed by atoms with Crippen molar-refractivity contribution >= 4 is 35.0 Å². The Hall–Kier alpha value is -3.91. The molecule has 0 spiro atoms. The summed E-state index contributed by atoms with van der Waals surface area (Å²) in [5, 5.41) is 23.0. The number of phenolic OH excluding ortho intramolecular Hbond substituents is 1. The topological polar surface area (TPSA) is 135 Å². The van der Waals surface area contributed by atoms with E-state index in [0.717, 1.165) is 23.8 Å². The van der Waals surface area contributed by atoms with Crippen molar-refractivity contribution in [3.05, 3.63) is 64.2 Å². The number of carbonyl (C=O) groups is 5. The fraction of sp³-hybridized carbons (Fsp3) is 0.472. The molecule has 0 amide bonds. The van der Waals surface area contributed by atoms with Crippen LogP contribution in [0.4, 0.5) is 0 Å². The Bertz CT molecular complexity index is 1650. The molecule has 2 saturated carbocycles. The molecule has 2 aromatic rings. The number of phenols is 1. The molecule has 3 aliphatic carbocycles. The van der Waals surface area contributed by atoms with Crippen LogP contribution < -0.4 is 4.74 Å². The van der Waals surface area contributed by atoms with E-state index in [-0.39, 0.29) is 24.2 Å². The van der Waals surface area contributed by atoms with Crippen LogP contribution in [0, 0.1) is 41.4 Å². The van der Waals surface area contributed by atoms with Crippen LogP contribution in [0.15, 0.2) is 36.4 Å². The summed E-state index contributed by atoms with van der Waals surface area (Å²) in [6.07, 6.45) is 4.64. The monoisotopic (exact) mass is 600 g/mol. The number of rotatable bonds is 6. The van der Waals surface area contributed by atoms with E-state index in [1.165, 1.54) is 6.07 Å². The van der Waals surface area contributed by atoms with Gasteiger partial charge in [0.15, 0.2) is 28.7 Å². The first-order chi connectivity index (χ1) is 20.5. The molecule has 3 aliphatic rings. The van der Waals surface area contributed by atoms with Crippen molar-refractivity contribution in [2.45, 2.75) is 66.4 Å². The van der Waals surface area contributed by atoms with Gasteiger partial charge in [0.2, 0.25) is 0 Å². The van der Waals surface area contributed by atoms with E-state index >= 15 is 0 Å². The normalized spacial score (nSPS) is 31.6. The molecule has 8 heteroatoms. The van der Waals surface area contributed by atoms with Crippen LogP contribution in [0.2, 0.25) is 0 Å². The van der Waals surface area contributed by atoms with Gasteiger partial charge >= 0.3 is 0 Å². The Morgan fingerprint density at radius 2 is 1.77 bits per heavy atom. The van der Waals surface area contributed by atoms with Crippen molar-refractivity contribution in [3.8, 4) is 11.5 Å². The Kier molecular flexibility index (Phi) is 7.60. The van der Waals surface area contributed by atoms with Gasteiger partial charge in [-0.25, -0.2) is 0 Å². The molecule has 3 unspecified atom stereocenters. The predicted octanol–water partition coefficient (Wildman–Crippen LogP) is 4.67. The molecule has 232 valence electrons. The molecule has 0 aromatic heterocycles. The van der Waals surface area contributed by atoms with E-state index in [1.807, 2.05) is 37.3 Å². The third-order valence-electron chi connectivity index (χ3n) is 10.4. The van der Waals surface area contributed by atoms with Gasteiger partial charge in [-0.15, -0.1) is 0 Å². The van der Waals surface area contributed by atoms with Gasteiger partial charge < -0.3 is 14.9 Å². The second-order valence-electron chi connectivity index (χ2n) is 13.8. The largest absolute Gasteiger partial charge is 0.507 e. The van der Waals surface area contributed by atoms with Gasteiger partial charge in [0.1, 0.15) is 23.2 Å². The number of hydrogen-bond acceptors (Lipinski definition) is 8. The van der Waals surface area contributed by atoms with Gasteiger partial charge in [0, 0.05) is 11.3 Å². The van der Waals surface area contributed by atoms with Crippen LogP contribution in [0.3, 0.4) is 0 Å². The number of allylic oxidation sites excluding steroid dienone is 1. The molecule has 5 rings (SSSR count). The third-order valence-corrected chi connectivity index (χ3v) is 10.4. The molecule has 0 saturated heterocycles. The van der Waals surface area contributed by atoms with Crippen LogP contribution in [0.25, 0.3) is 6.08 Å². The fourth-order valence-electron chi connectivity index (χ4n) is 8.63. The third kappa shape index (κ3) is 4.32. The van der Waals surface area contributed by atoms with E-state index in [2.05, 4.69) is 0 Å². The Balaban J connectivity index is 1.60. The molecular weight excluding hydrogens is 560 g/mol. The summed E-state index contributed by atoms with van der Waals surface area (Å²) < 4.78 is 5.43. The van der Waals surface area contributed by atoms with Crippen LogP contribution >= 0.6 is 0 Å². The number of aryl methyl sites for hydroxylation is 1. The van der Waals surface area contributed by atoms with Crippen molar-refractivity contribution in [1.82, 2.24) is 0 Å². The number of aliphatic hydroxyl groups is 1. The zero-order chi connectivity index (χ0) is 32.5. The van der Waals surface area contributed by atoms with Gasteiger partial charge in [-0.05, 0) is 78.8 Å². The Labute approximate surface area is 257 Å². The number of methoxy groups -OCH3 is 1. The lowest BCUT2D eigenvalue weighted by molar-refractivity contribution is -0.205. The molecule has 0 heterocycles. The van der Waals surface area contributed by atoms with Gasteiger partial charge in [-0.2, -0.15) is 0 Å². The molecule has 0 radical (unpaired) electrons. The molecule has 2 N–H and O–H groups in total. The fourth-order valence-corrected chi connectivity index (χ4v) is 8.63. The van der Waals surface area contributed by atoms with Gasteiger partial charge in [0.25, 0.3) is 0 Å². The van der Waals surface area contributed by atoms with E-state index in [1.54, 1.807) is 40.9 Å². The first-order valence-electron chi connectivity index (χ1n) is 15.1. The smallest absolute Gasteiger partial charge is 0.190 e. The molecule has 0 bridgehead atoms. The highest BCUT2D eigenvalue weighted by Crippen LogP contribution is 2.63. The van der Waals surface area contributed by atoms with Crippen LogP contribution in [-0.4, -0.2) is 51.8 Å².